The predicted molar refractivity (Wildman–Crippen MR) is 54.7 cm³/mol. The topological polar surface area (TPSA) is 29.1 Å². The van der Waals surface area contributed by atoms with Gasteiger partial charge >= 0.3 is 0 Å². The highest BCUT2D eigenvalue weighted by molar-refractivity contribution is 5.93. The van der Waals surface area contributed by atoms with Gasteiger partial charge in [0.2, 0.25) is 5.91 Å². The van der Waals surface area contributed by atoms with Gasteiger partial charge in [-0.05, 0) is 24.1 Å². The first-order valence-electron chi connectivity index (χ1n) is 4.84. The second-order valence-electron chi connectivity index (χ2n) is 2.85. The summed E-state index contributed by atoms with van der Waals surface area (Å²) in [6.45, 7) is 4.00. The van der Waals surface area contributed by atoms with Gasteiger partial charge in [-0.1, -0.05) is 19.9 Å². The van der Waals surface area contributed by atoms with Crippen molar-refractivity contribution in [1.82, 2.24) is 0 Å². The minimum absolute atomic E-state index is 0.0342. The van der Waals surface area contributed by atoms with Crippen LogP contribution in [0.2, 0.25) is 0 Å². The molecule has 0 bridgehead atoms. The van der Waals surface area contributed by atoms with E-state index in [9.17, 15) is 9.18 Å². The number of halogens is 1. The predicted octanol–water partition coefficient (Wildman–Crippen LogP) is 2.74. The van der Waals surface area contributed by atoms with E-state index in [1.807, 2.05) is 13.8 Å². The van der Waals surface area contributed by atoms with E-state index in [-0.39, 0.29) is 11.7 Å². The van der Waals surface area contributed by atoms with Crippen molar-refractivity contribution >= 4 is 11.6 Å². The van der Waals surface area contributed by atoms with E-state index >= 15 is 0 Å². The smallest absolute Gasteiger partial charge is 0.224 e. The van der Waals surface area contributed by atoms with E-state index in [0.717, 1.165) is 5.56 Å². The van der Waals surface area contributed by atoms with Crippen molar-refractivity contribution in [2.24, 2.45) is 0 Å². The fourth-order valence-corrected chi connectivity index (χ4v) is 1.34. The number of benzene rings is 1. The lowest BCUT2D eigenvalue weighted by molar-refractivity contribution is -0.116. The molecule has 0 atom stereocenters. The largest absolute Gasteiger partial charge is 0.326 e. The molecular weight excluding hydrogens is 181 g/mol. The summed E-state index contributed by atoms with van der Waals surface area (Å²) in [6, 6.07) is 4.48. The number of nitrogens with one attached hydrogen (secondary N) is 1. The molecule has 0 radical (unpaired) electrons. The van der Waals surface area contributed by atoms with Crippen molar-refractivity contribution < 1.29 is 9.18 Å². The van der Waals surface area contributed by atoms with Crippen LogP contribution >= 0.6 is 0 Å². The standard InChI is InChI=1S/C9H8FNO.C2H6/c10-7-3-1-6-2-4-9(12)11-8(6)5-7;1-2/h1,3,5H,2,4H2,(H,11,12);1-2H3. The molecule has 1 aromatic carbocycles. The molecule has 0 aliphatic carbocycles. The van der Waals surface area contributed by atoms with Crippen LogP contribution < -0.4 is 5.32 Å². The molecule has 1 heterocycles. The number of rotatable bonds is 0. The molecule has 1 aliphatic rings. The van der Waals surface area contributed by atoms with Crippen molar-refractivity contribution in [3.8, 4) is 0 Å². The lowest BCUT2D eigenvalue weighted by atomic mass is 10.0. The molecule has 3 heteroatoms. The minimum Gasteiger partial charge on any atom is -0.326 e. The average molecular weight is 195 g/mol. The maximum Gasteiger partial charge on any atom is 0.224 e. The van der Waals surface area contributed by atoms with Gasteiger partial charge in [0.15, 0.2) is 0 Å². The Kier molecular flexibility index (Phi) is 3.63. The number of amides is 1. The van der Waals surface area contributed by atoms with Crippen LogP contribution in [0.3, 0.4) is 0 Å². The van der Waals surface area contributed by atoms with E-state index in [1.165, 1.54) is 12.1 Å². The summed E-state index contributed by atoms with van der Waals surface area (Å²) in [6.07, 6.45) is 1.21. The van der Waals surface area contributed by atoms with Crippen LogP contribution in [0.4, 0.5) is 10.1 Å². The molecule has 1 aliphatic heterocycles. The Balaban J connectivity index is 0.000000461. The Morgan fingerprint density at radius 2 is 2.00 bits per heavy atom. The zero-order valence-electron chi connectivity index (χ0n) is 8.43. The first kappa shape index (κ1) is 10.7. The third-order valence-electron chi connectivity index (χ3n) is 1.97. The monoisotopic (exact) mass is 195 g/mol. The lowest BCUT2D eigenvalue weighted by Gasteiger charge is -2.15. The summed E-state index contributed by atoms with van der Waals surface area (Å²) in [5.41, 5.74) is 1.63. The van der Waals surface area contributed by atoms with E-state index in [1.54, 1.807) is 6.07 Å². The van der Waals surface area contributed by atoms with Gasteiger partial charge in [-0.15, -0.1) is 0 Å². The summed E-state index contributed by atoms with van der Waals surface area (Å²) in [5.74, 6) is -0.343. The van der Waals surface area contributed by atoms with E-state index < -0.39 is 0 Å². The molecule has 0 fully saturated rings. The van der Waals surface area contributed by atoms with E-state index in [2.05, 4.69) is 5.32 Å². The van der Waals surface area contributed by atoms with Crippen molar-refractivity contribution in [3.05, 3.63) is 29.6 Å². The van der Waals surface area contributed by atoms with Crippen LogP contribution in [-0.2, 0) is 11.2 Å². The quantitative estimate of drug-likeness (QED) is 0.677. The molecule has 0 unspecified atom stereocenters. The summed E-state index contributed by atoms with van der Waals surface area (Å²) in [5, 5.41) is 2.62. The molecule has 2 nitrogen and oxygen atoms in total. The molecule has 14 heavy (non-hydrogen) atoms. The van der Waals surface area contributed by atoms with E-state index in [4.69, 9.17) is 0 Å². The zero-order valence-corrected chi connectivity index (χ0v) is 8.43. The Hall–Kier alpha value is -1.38. The maximum atomic E-state index is 12.7. The normalized spacial score (nSPS) is 13.5. The van der Waals surface area contributed by atoms with Crippen LogP contribution in [-0.4, -0.2) is 5.91 Å². The number of aryl methyl sites for hydroxylation is 1. The molecule has 2 rings (SSSR count). The molecular formula is C11H14FNO. The van der Waals surface area contributed by atoms with Gasteiger partial charge in [-0.3, -0.25) is 4.79 Å². The molecule has 0 saturated carbocycles. The van der Waals surface area contributed by atoms with Gasteiger partial charge in [0.1, 0.15) is 5.82 Å². The average Bonchev–Trinajstić information content (AvgIpc) is 2.20. The van der Waals surface area contributed by atoms with Crippen LogP contribution in [0.5, 0.6) is 0 Å². The fraction of sp³-hybridized carbons (Fsp3) is 0.364. The second kappa shape index (κ2) is 4.74. The minimum atomic E-state index is -0.309. The van der Waals surface area contributed by atoms with Crippen molar-refractivity contribution in [1.29, 1.82) is 0 Å². The van der Waals surface area contributed by atoms with Gasteiger partial charge in [-0.25, -0.2) is 4.39 Å². The SMILES string of the molecule is CC.O=C1CCc2ccc(F)cc2N1. The number of fused-ring (bicyclic) bond motifs is 1. The molecule has 1 amide bonds. The first-order valence-corrected chi connectivity index (χ1v) is 4.84. The van der Waals surface area contributed by atoms with Crippen LogP contribution in [0.25, 0.3) is 0 Å². The number of carbonyl (C=O) groups excluding carboxylic acids is 1. The number of carbonyl (C=O) groups is 1. The first-order chi connectivity index (χ1) is 6.75. The molecule has 0 aromatic heterocycles. The maximum absolute atomic E-state index is 12.7. The highest BCUT2D eigenvalue weighted by atomic mass is 19.1. The summed E-state index contributed by atoms with van der Waals surface area (Å²) < 4.78 is 12.7. The Bertz CT molecular complexity index is 336. The van der Waals surface area contributed by atoms with E-state index in [0.29, 0.717) is 18.5 Å². The molecule has 0 saturated heterocycles. The Morgan fingerprint density at radius 3 is 2.71 bits per heavy atom. The third-order valence-corrected chi connectivity index (χ3v) is 1.97. The summed E-state index contributed by atoms with van der Waals surface area (Å²) >= 11 is 0. The van der Waals surface area contributed by atoms with Crippen molar-refractivity contribution in [2.45, 2.75) is 26.7 Å². The molecule has 0 spiro atoms. The fourth-order valence-electron chi connectivity index (χ4n) is 1.34. The number of anilines is 1. The Morgan fingerprint density at radius 1 is 1.29 bits per heavy atom. The van der Waals surface area contributed by atoms with Gasteiger partial charge < -0.3 is 5.32 Å². The highest BCUT2D eigenvalue weighted by Gasteiger charge is 2.14. The van der Waals surface area contributed by atoms with Gasteiger partial charge in [0, 0.05) is 12.1 Å². The molecule has 1 aromatic rings. The number of hydrogen-bond acceptors (Lipinski definition) is 1. The lowest BCUT2D eigenvalue weighted by Crippen LogP contribution is -2.18. The Labute approximate surface area is 83.1 Å². The second-order valence-corrected chi connectivity index (χ2v) is 2.85. The van der Waals surface area contributed by atoms with Gasteiger partial charge in [0.05, 0.1) is 0 Å². The molecule has 76 valence electrons. The molecule has 1 N–H and O–H groups in total. The highest BCUT2D eigenvalue weighted by Crippen LogP contribution is 2.22. The van der Waals surface area contributed by atoms with Crippen LogP contribution in [0.1, 0.15) is 25.8 Å². The third kappa shape index (κ3) is 2.31. The van der Waals surface area contributed by atoms with Crippen molar-refractivity contribution in [2.75, 3.05) is 5.32 Å². The van der Waals surface area contributed by atoms with Gasteiger partial charge in [0.25, 0.3) is 0 Å². The number of hydrogen-bond donors (Lipinski definition) is 1. The van der Waals surface area contributed by atoms with Crippen molar-refractivity contribution in [3.63, 3.8) is 0 Å². The zero-order chi connectivity index (χ0) is 10.6. The summed E-state index contributed by atoms with van der Waals surface area (Å²) in [7, 11) is 0. The van der Waals surface area contributed by atoms with Crippen LogP contribution in [0, 0.1) is 5.82 Å². The van der Waals surface area contributed by atoms with Crippen LogP contribution in [0.15, 0.2) is 18.2 Å². The van der Waals surface area contributed by atoms with Gasteiger partial charge in [-0.2, -0.15) is 0 Å². The summed E-state index contributed by atoms with van der Waals surface area (Å²) in [4.78, 5) is 10.9.